The number of hydrazine groups is 1. The van der Waals surface area contributed by atoms with E-state index in [1.165, 1.54) is 33.5 Å². The SMILES string of the molecule is COc1cc(C(=O)NNC(=O)c2cccc(OC(C)C)c2)cc(OC)c1OC. The van der Waals surface area contributed by atoms with E-state index in [0.717, 1.165) is 0 Å². The van der Waals surface area contributed by atoms with Crippen LogP contribution in [0.15, 0.2) is 36.4 Å². The fourth-order valence-corrected chi connectivity index (χ4v) is 2.45. The van der Waals surface area contributed by atoms with Crippen LogP contribution in [0.4, 0.5) is 0 Å². The number of carbonyl (C=O) groups is 2. The largest absolute Gasteiger partial charge is 0.493 e. The van der Waals surface area contributed by atoms with Gasteiger partial charge in [0.2, 0.25) is 5.75 Å². The van der Waals surface area contributed by atoms with E-state index in [1.807, 2.05) is 13.8 Å². The third-order valence-electron chi connectivity index (χ3n) is 3.68. The molecule has 2 aromatic rings. The number of nitrogens with one attached hydrogen (secondary N) is 2. The molecule has 0 radical (unpaired) electrons. The van der Waals surface area contributed by atoms with E-state index in [-0.39, 0.29) is 11.7 Å². The zero-order valence-corrected chi connectivity index (χ0v) is 16.5. The van der Waals surface area contributed by atoms with E-state index in [1.54, 1.807) is 24.3 Å². The fourth-order valence-electron chi connectivity index (χ4n) is 2.45. The molecular formula is C20H24N2O6. The number of carbonyl (C=O) groups excluding carboxylic acids is 2. The number of hydrogen-bond acceptors (Lipinski definition) is 6. The average molecular weight is 388 g/mol. The quantitative estimate of drug-likeness (QED) is 0.708. The third kappa shape index (κ3) is 5.06. The highest BCUT2D eigenvalue weighted by Gasteiger charge is 2.17. The van der Waals surface area contributed by atoms with Gasteiger partial charge in [0.1, 0.15) is 5.75 Å². The first kappa shape index (κ1) is 20.9. The van der Waals surface area contributed by atoms with Crippen molar-refractivity contribution in [2.45, 2.75) is 20.0 Å². The molecule has 0 fully saturated rings. The standard InChI is InChI=1S/C20H24N2O6/c1-12(2)28-15-8-6-7-13(9-15)19(23)21-22-20(24)14-10-16(25-3)18(27-5)17(11-14)26-4/h6-12H,1-5H3,(H,21,23)(H,22,24). The predicted molar refractivity (Wildman–Crippen MR) is 103 cm³/mol. The first-order chi connectivity index (χ1) is 13.4. The Morgan fingerprint density at radius 3 is 1.89 bits per heavy atom. The summed E-state index contributed by atoms with van der Waals surface area (Å²) in [6, 6.07) is 9.65. The van der Waals surface area contributed by atoms with Crippen LogP contribution in [-0.2, 0) is 0 Å². The van der Waals surface area contributed by atoms with Crippen LogP contribution in [-0.4, -0.2) is 39.2 Å². The second-order valence-corrected chi connectivity index (χ2v) is 6.02. The highest BCUT2D eigenvalue weighted by Crippen LogP contribution is 2.38. The molecule has 2 aromatic carbocycles. The van der Waals surface area contributed by atoms with Crippen molar-refractivity contribution >= 4 is 11.8 Å². The van der Waals surface area contributed by atoms with Crippen molar-refractivity contribution in [2.75, 3.05) is 21.3 Å². The highest BCUT2D eigenvalue weighted by molar-refractivity contribution is 5.99. The van der Waals surface area contributed by atoms with Crippen LogP contribution >= 0.6 is 0 Å². The fraction of sp³-hybridized carbons (Fsp3) is 0.300. The molecule has 28 heavy (non-hydrogen) atoms. The lowest BCUT2D eigenvalue weighted by molar-refractivity contribution is 0.0846. The molecule has 2 N–H and O–H groups in total. The molecule has 0 heterocycles. The minimum atomic E-state index is -0.540. The lowest BCUT2D eigenvalue weighted by Gasteiger charge is -2.14. The van der Waals surface area contributed by atoms with E-state index in [9.17, 15) is 9.59 Å². The molecule has 0 aliphatic rings. The second-order valence-electron chi connectivity index (χ2n) is 6.02. The van der Waals surface area contributed by atoms with Gasteiger partial charge in [0.05, 0.1) is 27.4 Å². The zero-order chi connectivity index (χ0) is 20.7. The highest BCUT2D eigenvalue weighted by atomic mass is 16.5. The molecule has 0 saturated heterocycles. The summed E-state index contributed by atoms with van der Waals surface area (Å²) in [6.07, 6.45) is -0.0157. The molecule has 0 bridgehead atoms. The maximum Gasteiger partial charge on any atom is 0.269 e. The van der Waals surface area contributed by atoms with E-state index in [2.05, 4.69) is 10.9 Å². The maximum atomic E-state index is 12.4. The minimum Gasteiger partial charge on any atom is -0.493 e. The number of amides is 2. The van der Waals surface area contributed by atoms with Crippen molar-refractivity contribution in [3.63, 3.8) is 0 Å². The van der Waals surface area contributed by atoms with Crippen molar-refractivity contribution in [2.24, 2.45) is 0 Å². The molecule has 0 aliphatic heterocycles. The van der Waals surface area contributed by atoms with Crippen molar-refractivity contribution in [3.8, 4) is 23.0 Å². The second kappa shape index (κ2) is 9.50. The Labute approximate surface area is 163 Å². The minimum absolute atomic E-state index is 0.0157. The topological polar surface area (TPSA) is 95.1 Å². The van der Waals surface area contributed by atoms with Gasteiger partial charge in [-0.3, -0.25) is 20.4 Å². The summed E-state index contributed by atoms with van der Waals surface area (Å²) in [4.78, 5) is 24.7. The van der Waals surface area contributed by atoms with Crippen LogP contribution in [0.2, 0.25) is 0 Å². The number of benzene rings is 2. The molecule has 8 heteroatoms. The molecular weight excluding hydrogens is 364 g/mol. The molecule has 0 atom stereocenters. The van der Waals surface area contributed by atoms with Crippen molar-refractivity contribution in [1.82, 2.24) is 10.9 Å². The molecule has 0 aliphatic carbocycles. The van der Waals surface area contributed by atoms with Crippen LogP contribution in [0, 0.1) is 0 Å². The average Bonchev–Trinajstić information content (AvgIpc) is 2.70. The van der Waals surface area contributed by atoms with Crippen molar-refractivity contribution < 1.29 is 28.5 Å². The summed E-state index contributed by atoms with van der Waals surface area (Å²) in [5.41, 5.74) is 5.32. The first-order valence-corrected chi connectivity index (χ1v) is 8.57. The van der Waals surface area contributed by atoms with Crippen molar-refractivity contribution in [3.05, 3.63) is 47.5 Å². The zero-order valence-electron chi connectivity index (χ0n) is 16.5. The van der Waals surface area contributed by atoms with E-state index >= 15 is 0 Å². The first-order valence-electron chi connectivity index (χ1n) is 8.57. The monoisotopic (exact) mass is 388 g/mol. The Morgan fingerprint density at radius 1 is 0.821 bits per heavy atom. The Balaban J connectivity index is 2.10. The summed E-state index contributed by atoms with van der Waals surface area (Å²) in [5.74, 6) is 0.581. The van der Waals surface area contributed by atoms with Crippen LogP contribution in [0.3, 0.4) is 0 Å². The maximum absolute atomic E-state index is 12.4. The number of methoxy groups -OCH3 is 3. The number of rotatable bonds is 7. The summed E-state index contributed by atoms with van der Waals surface area (Å²) in [5, 5.41) is 0. The van der Waals surface area contributed by atoms with Gasteiger partial charge >= 0.3 is 0 Å². The summed E-state index contributed by atoms with van der Waals surface area (Å²) in [7, 11) is 4.37. The Hall–Kier alpha value is -3.42. The van der Waals surface area contributed by atoms with E-state index < -0.39 is 11.8 Å². The molecule has 0 aromatic heterocycles. The molecule has 2 rings (SSSR count). The van der Waals surface area contributed by atoms with Gasteiger partial charge in [-0.05, 0) is 44.2 Å². The number of hydrogen-bond donors (Lipinski definition) is 2. The molecule has 2 amide bonds. The van der Waals surface area contributed by atoms with Gasteiger partial charge in [-0.1, -0.05) is 6.07 Å². The normalized spacial score (nSPS) is 10.2. The Kier molecular flexibility index (Phi) is 7.08. The van der Waals surface area contributed by atoms with Crippen LogP contribution < -0.4 is 29.8 Å². The van der Waals surface area contributed by atoms with Gasteiger partial charge in [-0.15, -0.1) is 0 Å². The van der Waals surface area contributed by atoms with Gasteiger partial charge in [0.15, 0.2) is 11.5 Å². The van der Waals surface area contributed by atoms with Gasteiger partial charge in [0, 0.05) is 11.1 Å². The lowest BCUT2D eigenvalue weighted by atomic mass is 10.1. The lowest BCUT2D eigenvalue weighted by Crippen LogP contribution is -2.41. The molecule has 150 valence electrons. The van der Waals surface area contributed by atoms with Gasteiger partial charge in [0.25, 0.3) is 11.8 Å². The summed E-state index contributed by atoms with van der Waals surface area (Å²) >= 11 is 0. The Morgan fingerprint density at radius 2 is 1.39 bits per heavy atom. The Bertz CT molecular complexity index is 825. The van der Waals surface area contributed by atoms with Gasteiger partial charge in [-0.2, -0.15) is 0 Å². The van der Waals surface area contributed by atoms with Gasteiger partial charge in [-0.25, -0.2) is 0 Å². The molecule has 0 unspecified atom stereocenters. The van der Waals surface area contributed by atoms with Crippen LogP contribution in [0.5, 0.6) is 23.0 Å². The molecule has 0 saturated carbocycles. The summed E-state index contributed by atoms with van der Waals surface area (Å²) in [6.45, 7) is 3.79. The van der Waals surface area contributed by atoms with E-state index in [0.29, 0.717) is 28.6 Å². The predicted octanol–water partition coefficient (Wildman–Crippen LogP) is 2.57. The van der Waals surface area contributed by atoms with Crippen LogP contribution in [0.25, 0.3) is 0 Å². The van der Waals surface area contributed by atoms with Crippen LogP contribution in [0.1, 0.15) is 34.6 Å². The third-order valence-corrected chi connectivity index (χ3v) is 3.68. The molecule has 0 spiro atoms. The smallest absolute Gasteiger partial charge is 0.269 e. The summed E-state index contributed by atoms with van der Waals surface area (Å²) < 4.78 is 21.2. The van der Waals surface area contributed by atoms with Crippen molar-refractivity contribution in [1.29, 1.82) is 0 Å². The number of ether oxygens (including phenoxy) is 4. The van der Waals surface area contributed by atoms with Gasteiger partial charge < -0.3 is 18.9 Å². The van der Waals surface area contributed by atoms with E-state index in [4.69, 9.17) is 18.9 Å². The molecule has 8 nitrogen and oxygen atoms in total.